The highest BCUT2D eigenvalue weighted by Gasteiger charge is 2.44. The van der Waals surface area contributed by atoms with Gasteiger partial charge in [-0.2, -0.15) is 0 Å². The summed E-state index contributed by atoms with van der Waals surface area (Å²) in [7, 11) is 3.33. The van der Waals surface area contributed by atoms with Gasteiger partial charge in [0.2, 0.25) is 11.8 Å². The van der Waals surface area contributed by atoms with Crippen LogP contribution >= 0.6 is 0 Å². The summed E-state index contributed by atoms with van der Waals surface area (Å²) in [4.78, 5) is 24.8. The fourth-order valence-corrected chi connectivity index (χ4v) is 2.01. The lowest BCUT2D eigenvalue weighted by Gasteiger charge is -2.41. The molecule has 0 heterocycles. The molecule has 0 aromatic heterocycles. The average Bonchev–Trinajstić information content (AvgIpc) is 2.24. The van der Waals surface area contributed by atoms with Crippen LogP contribution in [0, 0.1) is 5.41 Å². The van der Waals surface area contributed by atoms with E-state index >= 15 is 0 Å². The van der Waals surface area contributed by atoms with Crippen molar-refractivity contribution in [3.8, 4) is 0 Å². The van der Waals surface area contributed by atoms with Crippen LogP contribution in [0.5, 0.6) is 0 Å². The minimum absolute atomic E-state index is 0.0462. The van der Waals surface area contributed by atoms with E-state index in [1.165, 1.54) is 0 Å². The first kappa shape index (κ1) is 13.0. The lowest BCUT2D eigenvalue weighted by atomic mass is 9.68. The average molecular weight is 227 g/mol. The van der Waals surface area contributed by atoms with Gasteiger partial charge in [-0.25, -0.2) is 0 Å². The summed E-state index contributed by atoms with van der Waals surface area (Å²) in [5.74, 6) is 0.0419. The minimum Gasteiger partial charge on any atom is -0.359 e. The second-order valence-electron chi connectivity index (χ2n) is 4.49. The van der Waals surface area contributed by atoms with Gasteiger partial charge >= 0.3 is 0 Å². The number of hydrogen-bond acceptors (Lipinski definition) is 3. The normalized spacial score (nSPS) is 17.4. The standard InChI is InChI=1S/C11H21N3O2/c1-13-9(15)4-7-14(2)10(16)11(8-12)5-3-6-11/h3-8,12H2,1-2H3,(H,13,15). The third-order valence-electron chi connectivity index (χ3n) is 3.45. The van der Waals surface area contributed by atoms with Gasteiger partial charge in [0.15, 0.2) is 0 Å². The van der Waals surface area contributed by atoms with Crippen molar-refractivity contribution in [2.24, 2.45) is 11.1 Å². The van der Waals surface area contributed by atoms with Gasteiger partial charge in [-0.3, -0.25) is 9.59 Å². The summed E-state index contributed by atoms with van der Waals surface area (Å²) < 4.78 is 0. The van der Waals surface area contributed by atoms with E-state index in [0.717, 1.165) is 19.3 Å². The number of nitrogens with two attached hydrogens (primary N) is 1. The molecule has 0 spiro atoms. The zero-order valence-corrected chi connectivity index (χ0v) is 10.1. The number of carbonyl (C=O) groups excluding carboxylic acids is 2. The molecular weight excluding hydrogens is 206 g/mol. The SMILES string of the molecule is CNC(=O)CCN(C)C(=O)C1(CN)CCC1. The molecule has 1 rings (SSSR count). The summed E-state index contributed by atoms with van der Waals surface area (Å²) in [5.41, 5.74) is 5.33. The van der Waals surface area contributed by atoms with Crippen LogP contribution in [-0.4, -0.2) is 43.9 Å². The van der Waals surface area contributed by atoms with Gasteiger partial charge in [0, 0.05) is 33.6 Å². The van der Waals surface area contributed by atoms with Crippen molar-refractivity contribution in [2.75, 3.05) is 27.2 Å². The zero-order valence-electron chi connectivity index (χ0n) is 10.1. The molecule has 3 N–H and O–H groups in total. The summed E-state index contributed by atoms with van der Waals surface area (Å²) in [6, 6.07) is 0. The predicted octanol–water partition coefficient (Wildman–Crippen LogP) is -0.290. The summed E-state index contributed by atoms with van der Waals surface area (Å²) in [6.45, 7) is 0.871. The molecule has 1 saturated carbocycles. The monoisotopic (exact) mass is 227 g/mol. The third-order valence-corrected chi connectivity index (χ3v) is 3.45. The molecule has 0 aromatic carbocycles. The lowest BCUT2D eigenvalue weighted by Crippen LogP contribution is -2.51. The second kappa shape index (κ2) is 5.30. The van der Waals surface area contributed by atoms with E-state index in [4.69, 9.17) is 5.73 Å². The molecule has 5 nitrogen and oxygen atoms in total. The molecule has 1 fully saturated rings. The Labute approximate surface area is 96.4 Å². The van der Waals surface area contributed by atoms with Gasteiger partial charge in [-0.1, -0.05) is 6.42 Å². The van der Waals surface area contributed by atoms with Crippen LogP contribution in [0.2, 0.25) is 0 Å². The maximum atomic E-state index is 12.1. The van der Waals surface area contributed by atoms with Crippen molar-refractivity contribution in [1.82, 2.24) is 10.2 Å². The van der Waals surface area contributed by atoms with Crippen LogP contribution in [-0.2, 0) is 9.59 Å². The van der Waals surface area contributed by atoms with Crippen molar-refractivity contribution in [2.45, 2.75) is 25.7 Å². The molecule has 0 radical (unpaired) electrons. The lowest BCUT2D eigenvalue weighted by molar-refractivity contribution is -0.145. The molecule has 1 aliphatic rings. The first-order valence-corrected chi connectivity index (χ1v) is 5.72. The molecule has 0 saturated heterocycles. The molecular formula is C11H21N3O2. The predicted molar refractivity (Wildman–Crippen MR) is 61.7 cm³/mol. The second-order valence-corrected chi connectivity index (χ2v) is 4.49. The Balaban J connectivity index is 2.44. The quantitative estimate of drug-likeness (QED) is 0.677. The molecule has 1 aliphatic carbocycles. The van der Waals surface area contributed by atoms with Crippen LogP contribution in [0.15, 0.2) is 0 Å². The summed E-state index contributed by atoms with van der Waals surface area (Å²) in [6.07, 6.45) is 3.19. The topological polar surface area (TPSA) is 75.4 Å². The number of hydrogen-bond donors (Lipinski definition) is 2. The minimum atomic E-state index is -0.336. The first-order valence-electron chi connectivity index (χ1n) is 5.72. The van der Waals surface area contributed by atoms with E-state index in [9.17, 15) is 9.59 Å². The Hall–Kier alpha value is -1.10. The van der Waals surface area contributed by atoms with Crippen LogP contribution in [0.1, 0.15) is 25.7 Å². The summed E-state index contributed by atoms with van der Waals surface area (Å²) >= 11 is 0. The van der Waals surface area contributed by atoms with Crippen molar-refractivity contribution >= 4 is 11.8 Å². The maximum Gasteiger partial charge on any atom is 0.229 e. The van der Waals surface area contributed by atoms with Crippen LogP contribution < -0.4 is 11.1 Å². The van der Waals surface area contributed by atoms with E-state index in [-0.39, 0.29) is 17.2 Å². The van der Waals surface area contributed by atoms with Gasteiger partial charge < -0.3 is 16.0 Å². The van der Waals surface area contributed by atoms with E-state index < -0.39 is 0 Å². The molecule has 0 unspecified atom stereocenters. The van der Waals surface area contributed by atoms with Crippen LogP contribution in [0.4, 0.5) is 0 Å². The molecule has 0 atom stereocenters. The molecule has 2 amide bonds. The number of nitrogens with one attached hydrogen (secondary N) is 1. The summed E-state index contributed by atoms with van der Waals surface area (Å²) in [5, 5.41) is 2.54. The maximum absolute atomic E-state index is 12.1. The highest BCUT2D eigenvalue weighted by Crippen LogP contribution is 2.41. The Morgan fingerprint density at radius 3 is 2.44 bits per heavy atom. The third kappa shape index (κ3) is 2.52. The molecule has 0 aliphatic heterocycles. The first-order chi connectivity index (χ1) is 7.55. The smallest absolute Gasteiger partial charge is 0.229 e. The molecule has 0 aromatic rings. The van der Waals surface area contributed by atoms with Gasteiger partial charge in [0.1, 0.15) is 0 Å². The zero-order chi connectivity index (χ0) is 12.2. The van der Waals surface area contributed by atoms with Crippen molar-refractivity contribution < 1.29 is 9.59 Å². The van der Waals surface area contributed by atoms with Crippen molar-refractivity contribution in [3.63, 3.8) is 0 Å². The van der Waals surface area contributed by atoms with Crippen LogP contribution in [0.3, 0.4) is 0 Å². The van der Waals surface area contributed by atoms with E-state index in [2.05, 4.69) is 5.32 Å². The number of rotatable bonds is 5. The van der Waals surface area contributed by atoms with E-state index in [1.54, 1.807) is 19.0 Å². The highest BCUT2D eigenvalue weighted by molar-refractivity contribution is 5.84. The fourth-order valence-electron chi connectivity index (χ4n) is 2.01. The Bertz CT molecular complexity index is 269. The Morgan fingerprint density at radius 2 is 2.06 bits per heavy atom. The van der Waals surface area contributed by atoms with E-state index in [0.29, 0.717) is 19.5 Å². The Morgan fingerprint density at radius 1 is 1.44 bits per heavy atom. The van der Waals surface area contributed by atoms with Gasteiger partial charge in [-0.15, -0.1) is 0 Å². The van der Waals surface area contributed by atoms with Crippen molar-refractivity contribution in [3.05, 3.63) is 0 Å². The Kier molecular flexibility index (Phi) is 4.29. The molecule has 5 heteroatoms. The highest BCUT2D eigenvalue weighted by atomic mass is 16.2. The van der Waals surface area contributed by atoms with E-state index in [1.807, 2.05) is 0 Å². The van der Waals surface area contributed by atoms with Crippen molar-refractivity contribution in [1.29, 1.82) is 0 Å². The fraction of sp³-hybridized carbons (Fsp3) is 0.818. The molecule has 0 bridgehead atoms. The number of nitrogens with zero attached hydrogens (tertiary/aromatic N) is 1. The van der Waals surface area contributed by atoms with Gasteiger partial charge in [0.25, 0.3) is 0 Å². The number of amides is 2. The van der Waals surface area contributed by atoms with Gasteiger partial charge in [0.05, 0.1) is 5.41 Å². The van der Waals surface area contributed by atoms with Crippen LogP contribution in [0.25, 0.3) is 0 Å². The van der Waals surface area contributed by atoms with Gasteiger partial charge in [-0.05, 0) is 12.8 Å². The molecule has 16 heavy (non-hydrogen) atoms. The molecule has 92 valence electrons. The number of carbonyl (C=O) groups is 2. The largest absolute Gasteiger partial charge is 0.359 e.